The minimum absolute atomic E-state index is 0. The van der Waals surface area contributed by atoms with Gasteiger partial charge in [0.2, 0.25) is 0 Å². The van der Waals surface area contributed by atoms with Gasteiger partial charge in [-0.2, -0.15) is 23.8 Å². The molecule has 2 unspecified atom stereocenters. The molecule has 204 valence electrons. The summed E-state index contributed by atoms with van der Waals surface area (Å²) in [5.41, 5.74) is 9.71. The van der Waals surface area contributed by atoms with Crippen molar-refractivity contribution in [3.8, 4) is 0 Å². The molecular weight excluding hydrogens is 583 g/mol. The van der Waals surface area contributed by atoms with Crippen molar-refractivity contribution in [3.05, 3.63) is 101 Å². The largest absolute Gasteiger partial charge is 1.00 e. The molecule has 0 bridgehead atoms. The van der Waals surface area contributed by atoms with Crippen molar-refractivity contribution >= 4 is 8.78 Å². The number of hydrogen-bond donors (Lipinski definition) is 0. The van der Waals surface area contributed by atoms with Crippen molar-refractivity contribution in [2.75, 3.05) is 0 Å². The standard InChI is InChI=1S/C21H21.C9H18.C5H5.2ClH.Zr/c1-2-8-15-14(7-1)13-20-18-11-4-3-9-16(18)17-10-5-6-12-19(17)21(15)20;1-3-5-7-9-8-6-4-2;1-2-4-5-3-1;;;/h1-2,6-8,11-12,16-17H,3-5,9-10,13H2;3-8H2,1-2H3;1-5H;2*1H;/q-1;;-1;;;+2/p-2. The zero-order chi connectivity index (χ0) is 25.2. The summed E-state index contributed by atoms with van der Waals surface area (Å²) in [6, 6.07) is 19.1. The minimum atomic E-state index is 0. The van der Waals surface area contributed by atoms with Crippen LogP contribution >= 0.6 is 0 Å². The molecule has 4 aliphatic carbocycles. The van der Waals surface area contributed by atoms with Gasteiger partial charge in [0.05, 0.1) is 0 Å². The molecule has 0 radical (unpaired) electrons. The molecule has 0 aromatic heterocycles. The Balaban J connectivity index is 0.000000253. The van der Waals surface area contributed by atoms with E-state index in [2.05, 4.69) is 56.7 Å². The van der Waals surface area contributed by atoms with Crippen LogP contribution in [0.1, 0.15) is 95.6 Å². The average molecular weight is 627 g/mol. The van der Waals surface area contributed by atoms with E-state index in [1.165, 1.54) is 76.2 Å². The zero-order valence-corrected chi connectivity index (χ0v) is 27.3. The topological polar surface area (TPSA) is 0 Å². The Bertz CT molecular complexity index is 1050. The second-order valence-electron chi connectivity index (χ2n) is 10.7. The Morgan fingerprint density at radius 1 is 0.921 bits per heavy atom. The Labute approximate surface area is 260 Å². The van der Waals surface area contributed by atoms with Crippen LogP contribution in [0.15, 0.2) is 83.5 Å². The maximum atomic E-state index is 2.57. The van der Waals surface area contributed by atoms with Crippen LogP contribution in [0, 0.1) is 18.3 Å². The number of rotatable bonds is 6. The summed E-state index contributed by atoms with van der Waals surface area (Å²) < 4.78 is 1.79. The summed E-state index contributed by atoms with van der Waals surface area (Å²) in [5.74, 6) is 1.60. The molecule has 0 N–H and O–H groups in total. The summed E-state index contributed by atoms with van der Waals surface area (Å²) >= 11 is 1.67. The number of unbranched alkanes of at least 4 members (excludes halogenated alkanes) is 2. The van der Waals surface area contributed by atoms with Gasteiger partial charge in [-0.1, -0.05) is 66.0 Å². The molecule has 1 saturated carbocycles. The van der Waals surface area contributed by atoms with Gasteiger partial charge in [0.1, 0.15) is 0 Å². The Morgan fingerprint density at radius 3 is 2.29 bits per heavy atom. The maximum Gasteiger partial charge on any atom is -0.172 e. The molecule has 1 fully saturated rings. The predicted molar refractivity (Wildman–Crippen MR) is 154 cm³/mol. The van der Waals surface area contributed by atoms with Gasteiger partial charge in [0.25, 0.3) is 0 Å². The normalized spacial score (nSPS) is 20.0. The van der Waals surface area contributed by atoms with Crippen LogP contribution in [-0.4, -0.2) is 3.21 Å². The van der Waals surface area contributed by atoms with Crippen molar-refractivity contribution < 1.29 is 49.0 Å². The van der Waals surface area contributed by atoms with Crippen LogP contribution in [-0.2, 0) is 30.7 Å². The summed E-state index contributed by atoms with van der Waals surface area (Å²) in [7, 11) is 0. The second-order valence-corrected chi connectivity index (χ2v) is 12.4. The summed E-state index contributed by atoms with van der Waals surface area (Å²) in [4.78, 5) is 0. The van der Waals surface area contributed by atoms with Gasteiger partial charge in [0.15, 0.2) is 0 Å². The quantitative estimate of drug-likeness (QED) is 0.429. The van der Waals surface area contributed by atoms with Crippen LogP contribution in [0.2, 0.25) is 0 Å². The molecule has 4 aliphatic rings. The minimum Gasteiger partial charge on any atom is -1.00 e. The van der Waals surface area contributed by atoms with E-state index >= 15 is 0 Å². The summed E-state index contributed by atoms with van der Waals surface area (Å²) in [6.45, 7) is 4.53. The molecule has 0 spiro atoms. The first-order valence-corrected chi connectivity index (χ1v) is 15.8. The molecule has 2 atom stereocenters. The first kappa shape index (κ1) is 33.2. The van der Waals surface area contributed by atoms with E-state index in [0.29, 0.717) is 0 Å². The zero-order valence-electron chi connectivity index (χ0n) is 23.3. The van der Waals surface area contributed by atoms with E-state index in [0.717, 1.165) is 18.3 Å². The van der Waals surface area contributed by atoms with E-state index in [1.807, 2.05) is 30.3 Å². The molecular formula is C35H44Cl2Zr-2. The van der Waals surface area contributed by atoms with Crippen molar-refractivity contribution in [1.29, 1.82) is 0 Å². The molecule has 6 rings (SSSR count). The molecule has 0 amide bonds. The van der Waals surface area contributed by atoms with E-state index in [4.69, 9.17) is 0 Å². The first-order chi connectivity index (χ1) is 17.7. The Kier molecular flexibility index (Phi) is 15.4. The Morgan fingerprint density at radius 2 is 1.63 bits per heavy atom. The van der Waals surface area contributed by atoms with Crippen LogP contribution in [0.5, 0.6) is 0 Å². The first-order valence-electron chi connectivity index (χ1n) is 14.5. The number of hydrogen-bond acceptors (Lipinski definition) is 0. The fourth-order valence-corrected chi connectivity index (χ4v) is 7.15. The van der Waals surface area contributed by atoms with Crippen LogP contribution in [0.3, 0.4) is 0 Å². The number of benzene rings is 1. The molecule has 38 heavy (non-hydrogen) atoms. The average Bonchev–Trinajstić information content (AvgIpc) is 3.63. The molecule has 2 aromatic carbocycles. The third-order valence-electron chi connectivity index (χ3n) is 8.12. The van der Waals surface area contributed by atoms with E-state index in [1.54, 1.807) is 55.3 Å². The fourth-order valence-electron chi connectivity index (χ4n) is 6.28. The van der Waals surface area contributed by atoms with Crippen molar-refractivity contribution in [2.45, 2.75) is 90.9 Å². The van der Waals surface area contributed by atoms with Gasteiger partial charge in [-0.3, -0.25) is 0 Å². The monoisotopic (exact) mass is 624 g/mol. The van der Waals surface area contributed by atoms with Crippen molar-refractivity contribution in [1.82, 2.24) is 0 Å². The molecule has 2 aromatic rings. The molecule has 0 saturated heterocycles. The van der Waals surface area contributed by atoms with E-state index in [-0.39, 0.29) is 24.8 Å². The Hall–Kier alpha value is -1.01. The van der Waals surface area contributed by atoms with Crippen LogP contribution in [0.4, 0.5) is 0 Å². The van der Waals surface area contributed by atoms with Gasteiger partial charge < -0.3 is 24.8 Å². The summed E-state index contributed by atoms with van der Waals surface area (Å²) in [6.07, 6.45) is 23.6. The number of allylic oxidation sites excluding steroid dienone is 6. The number of halogens is 2. The SMILES string of the molecule is C1=CC2=C3C(=C4[CH-]CCCC4C2CC1)Cc1ccccc13.CCCC[C](=[Zr+2])CCCC.[Cl-].[Cl-].c1cc[cH-]c1. The van der Waals surface area contributed by atoms with Crippen LogP contribution in [0.25, 0.3) is 5.57 Å². The molecule has 0 heterocycles. The number of fused-ring (bicyclic) bond motifs is 6. The van der Waals surface area contributed by atoms with Gasteiger partial charge in [-0.05, 0) is 36.7 Å². The van der Waals surface area contributed by atoms with Crippen LogP contribution < -0.4 is 24.8 Å². The van der Waals surface area contributed by atoms with Gasteiger partial charge in [0, 0.05) is 0 Å². The van der Waals surface area contributed by atoms with Gasteiger partial charge in [-0.25, -0.2) is 24.1 Å². The molecule has 0 nitrogen and oxygen atoms in total. The molecule has 3 heteroatoms. The van der Waals surface area contributed by atoms with Gasteiger partial charge >= 0.3 is 79.8 Å². The van der Waals surface area contributed by atoms with E-state index in [9.17, 15) is 0 Å². The second kappa shape index (κ2) is 17.6. The van der Waals surface area contributed by atoms with E-state index < -0.39 is 0 Å². The van der Waals surface area contributed by atoms with Gasteiger partial charge in [-0.15, -0.1) is 6.42 Å². The smallest absolute Gasteiger partial charge is 0.172 e. The van der Waals surface area contributed by atoms with Crippen molar-refractivity contribution in [2.24, 2.45) is 11.8 Å². The molecule has 0 aliphatic heterocycles. The fraction of sp³-hybridized carbons (Fsp3) is 0.457. The van der Waals surface area contributed by atoms with Crippen molar-refractivity contribution in [3.63, 3.8) is 0 Å². The summed E-state index contributed by atoms with van der Waals surface area (Å²) in [5, 5.41) is 0. The third kappa shape index (κ3) is 8.49. The predicted octanol–water partition coefficient (Wildman–Crippen LogP) is 3.78. The third-order valence-corrected chi connectivity index (χ3v) is 9.35. The maximum absolute atomic E-state index is 2.57.